The van der Waals surface area contributed by atoms with Gasteiger partial charge < -0.3 is 33.8 Å². The summed E-state index contributed by atoms with van der Waals surface area (Å²) in [5, 5.41) is 10.6. The van der Waals surface area contributed by atoms with Gasteiger partial charge in [-0.15, -0.1) is 0 Å². The minimum Gasteiger partial charge on any atom is -0.462 e. The largest absolute Gasteiger partial charge is 0.472 e. The van der Waals surface area contributed by atoms with Crippen LogP contribution < -0.4 is 0 Å². The highest BCUT2D eigenvalue weighted by atomic mass is 31.2. The van der Waals surface area contributed by atoms with Crippen molar-refractivity contribution in [2.45, 2.75) is 438 Å². The molecule has 0 aromatic heterocycles. The summed E-state index contributed by atoms with van der Waals surface area (Å²) in [7, 11) is -9.91. The molecule has 5 atom stereocenters. The Morgan fingerprint density at radius 1 is 0.276 bits per heavy atom. The van der Waals surface area contributed by atoms with Crippen LogP contribution in [0.1, 0.15) is 420 Å². The molecular weight excluding hydrogens is 1280 g/mol. The molecular formula is C79H154O17P2. The SMILES string of the molecule is CCCCCCCCCCCCCCCCCCCCCCC(=O)O[C@H](COC(=O)CCCCCCCCCCCCCCCC(C)C)COP(=O)(O)OC[C@@H](O)COP(=O)(O)OC[C@@H](COC(=O)CCCCCCCCCCC)OC(=O)CCCCCCCCCCCCCCC. The second kappa shape index (κ2) is 72.0. The molecule has 19 heteroatoms. The first-order chi connectivity index (χ1) is 47.5. The Balaban J connectivity index is 5.21. The summed E-state index contributed by atoms with van der Waals surface area (Å²) >= 11 is 0. The van der Waals surface area contributed by atoms with Crippen LogP contribution in [0.15, 0.2) is 0 Å². The maximum Gasteiger partial charge on any atom is 0.472 e. The molecule has 0 fully saturated rings. The molecule has 0 aliphatic heterocycles. The summed E-state index contributed by atoms with van der Waals surface area (Å²) in [5.41, 5.74) is 0. The van der Waals surface area contributed by atoms with Gasteiger partial charge in [0.25, 0.3) is 0 Å². The van der Waals surface area contributed by atoms with Crippen LogP contribution in [0.5, 0.6) is 0 Å². The van der Waals surface area contributed by atoms with E-state index in [1.807, 2.05) is 0 Å². The molecule has 582 valence electrons. The molecule has 0 rings (SSSR count). The van der Waals surface area contributed by atoms with Crippen molar-refractivity contribution >= 4 is 39.5 Å². The summed E-state index contributed by atoms with van der Waals surface area (Å²) in [5.74, 6) is -1.32. The first-order valence-electron chi connectivity index (χ1n) is 41.1. The van der Waals surface area contributed by atoms with E-state index in [1.165, 1.54) is 244 Å². The van der Waals surface area contributed by atoms with E-state index in [2.05, 4.69) is 34.6 Å². The topological polar surface area (TPSA) is 237 Å². The maximum atomic E-state index is 13.1. The number of esters is 4. The minimum atomic E-state index is -4.96. The Kier molecular flexibility index (Phi) is 70.6. The van der Waals surface area contributed by atoms with Gasteiger partial charge in [-0.3, -0.25) is 37.3 Å². The highest BCUT2D eigenvalue weighted by molar-refractivity contribution is 7.47. The van der Waals surface area contributed by atoms with Gasteiger partial charge in [0.15, 0.2) is 12.2 Å². The molecule has 0 bridgehead atoms. The number of ether oxygens (including phenoxy) is 4. The van der Waals surface area contributed by atoms with E-state index in [0.717, 1.165) is 95.8 Å². The molecule has 0 amide bonds. The van der Waals surface area contributed by atoms with Crippen molar-refractivity contribution in [1.29, 1.82) is 0 Å². The van der Waals surface area contributed by atoms with E-state index < -0.39 is 97.5 Å². The number of aliphatic hydroxyl groups is 1. The maximum absolute atomic E-state index is 13.1. The van der Waals surface area contributed by atoms with Crippen LogP contribution in [0.3, 0.4) is 0 Å². The van der Waals surface area contributed by atoms with E-state index in [-0.39, 0.29) is 25.7 Å². The lowest BCUT2D eigenvalue weighted by Gasteiger charge is -2.21. The van der Waals surface area contributed by atoms with E-state index in [1.54, 1.807) is 0 Å². The summed E-state index contributed by atoms with van der Waals surface area (Å²) in [4.78, 5) is 72.9. The molecule has 0 saturated carbocycles. The molecule has 3 N–H and O–H groups in total. The summed E-state index contributed by atoms with van der Waals surface area (Å²) in [6.45, 7) is 7.32. The number of carbonyl (C=O) groups is 4. The van der Waals surface area contributed by atoms with Gasteiger partial charge in [-0.05, 0) is 31.6 Å². The molecule has 2 unspecified atom stereocenters. The lowest BCUT2D eigenvalue weighted by Crippen LogP contribution is -2.30. The predicted molar refractivity (Wildman–Crippen MR) is 400 cm³/mol. The molecule has 0 radical (unpaired) electrons. The molecule has 0 aromatic rings. The fourth-order valence-corrected chi connectivity index (χ4v) is 13.8. The normalized spacial score (nSPS) is 13.9. The highest BCUT2D eigenvalue weighted by Crippen LogP contribution is 2.45. The van der Waals surface area contributed by atoms with Gasteiger partial charge in [-0.1, -0.05) is 369 Å². The Hall–Kier alpha value is -1.94. The van der Waals surface area contributed by atoms with E-state index >= 15 is 0 Å². The smallest absolute Gasteiger partial charge is 0.462 e. The third kappa shape index (κ3) is 72.4. The van der Waals surface area contributed by atoms with Crippen LogP contribution in [0, 0.1) is 5.92 Å². The Morgan fingerprint density at radius 2 is 0.469 bits per heavy atom. The number of hydrogen-bond acceptors (Lipinski definition) is 15. The number of aliphatic hydroxyl groups excluding tert-OH is 1. The summed E-state index contributed by atoms with van der Waals surface area (Å²) in [6.07, 6.45) is 62.4. The van der Waals surface area contributed by atoms with Crippen molar-refractivity contribution in [2.75, 3.05) is 39.6 Å². The lowest BCUT2D eigenvalue weighted by molar-refractivity contribution is -0.161. The average molecular weight is 1440 g/mol. The molecule has 17 nitrogen and oxygen atoms in total. The van der Waals surface area contributed by atoms with Crippen molar-refractivity contribution in [3.63, 3.8) is 0 Å². The van der Waals surface area contributed by atoms with Gasteiger partial charge in [0.05, 0.1) is 26.4 Å². The molecule has 0 aromatic carbocycles. The molecule has 0 aliphatic rings. The second-order valence-corrected chi connectivity index (χ2v) is 31.8. The number of phosphoric ester groups is 2. The van der Waals surface area contributed by atoms with Crippen LogP contribution in [0.4, 0.5) is 0 Å². The Morgan fingerprint density at radius 3 is 0.694 bits per heavy atom. The first-order valence-corrected chi connectivity index (χ1v) is 44.1. The van der Waals surface area contributed by atoms with E-state index in [9.17, 15) is 43.2 Å². The molecule has 0 saturated heterocycles. The number of unbranched alkanes of at least 4 members (excludes halogenated alkanes) is 51. The van der Waals surface area contributed by atoms with E-state index in [0.29, 0.717) is 25.7 Å². The summed E-state index contributed by atoms with van der Waals surface area (Å²) in [6, 6.07) is 0. The fraction of sp³-hybridized carbons (Fsp3) is 0.949. The molecule has 0 heterocycles. The van der Waals surface area contributed by atoms with Gasteiger partial charge in [-0.25, -0.2) is 9.13 Å². The third-order valence-electron chi connectivity index (χ3n) is 18.5. The zero-order chi connectivity index (χ0) is 71.9. The van der Waals surface area contributed by atoms with Gasteiger partial charge in [0.1, 0.15) is 19.3 Å². The molecule has 0 spiro atoms. The third-order valence-corrected chi connectivity index (χ3v) is 20.4. The first kappa shape index (κ1) is 96.1. The average Bonchev–Trinajstić information content (AvgIpc) is 1.09. The minimum absolute atomic E-state index is 0.108. The van der Waals surface area contributed by atoms with Gasteiger partial charge in [0.2, 0.25) is 0 Å². The van der Waals surface area contributed by atoms with Crippen LogP contribution in [0.25, 0.3) is 0 Å². The molecule has 0 aliphatic carbocycles. The van der Waals surface area contributed by atoms with Crippen molar-refractivity contribution in [2.24, 2.45) is 5.92 Å². The standard InChI is InChI=1S/C79H154O17P2/c1-6-9-12-15-18-21-23-25-26-27-28-29-30-31-35-40-45-50-55-60-65-79(84)96-75(69-90-77(82)63-58-53-48-43-38-36-32-34-37-42-46-51-56-61-72(4)5)71-94-98(87,88)92-67-73(80)66-91-97(85,86)93-70-74(68-89-76(81)62-57-52-47-41-20-17-14-11-8-3)95-78(83)64-59-54-49-44-39-33-24-22-19-16-13-10-7-2/h72-75,80H,6-71H2,1-5H3,(H,85,86)(H,87,88)/t73-,74+,75+/m0/s1. The zero-order valence-electron chi connectivity index (χ0n) is 63.9. The second-order valence-electron chi connectivity index (χ2n) is 28.9. The number of carbonyl (C=O) groups excluding carboxylic acids is 4. The summed E-state index contributed by atoms with van der Waals surface area (Å²) < 4.78 is 68.6. The number of hydrogen-bond donors (Lipinski definition) is 3. The fourth-order valence-electron chi connectivity index (χ4n) is 12.2. The monoisotopic (exact) mass is 1440 g/mol. The van der Waals surface area contributed by atoms with Crippen LogP contribution in [-0.2, 0) is 65.4 Å². The highest BCUT2D eigenvalue weighted by Gasteiger charge is 2.30. The van der Waals surface area contributed by atoms with Gasteiger partial charge in [-0.2, -0.15) is 0 Å². The number of rotatable bonds is 79. The van der Waals surface area contributed by atoms with E-state index in [4.69, 9.17) is 37.0 Å². The zero-order valence-corrected chi connectivity index (χ0v) is 65.7. The quantitative estimate of drug-likeness (QED) is 0.0222. The van der Waals surface area contributed by atoms with Crippen molar-refractivity contribution in [3.05, 3.63) is 0 Å². The predicted octanol–water partition coefficient (Wildman–Crippen LogP) is 23.6. The van der Waals surface area contributed by atoms with Crippen molar-refractivity contribution < 1.29 is 80.2 Å². The van der Waals surface area contributed by atoms with Crippen LogP contribution in [-0.4, -0.2) is 96.7 Å². The lowest BCUT2D eigenvalue weighted by atomic mass is 10.0. The van der Waals surface area contributed by atoms with Crippen molar-refractivity contribution in [1.82, 2.24) is 0 Å². The van der Waals surface area contributed by atoms with Gasteiger partial charge >= 0.3 is 39.5 Å². The Labute approximate surface area is 600 Å². The van der Waals surface area contributed by atoms with Crippen LogP contribution in [0.2, 0.25) is 0 Å². The number of phosphoric acid groups is 2. The van der Waals surface area contributed by atoms with Gasteiger partial charge in [0, 0.05) is 25.7 Å². The molecule has 98 heavy (non-hydrogen) atoms. The van der Waals surface area contributed by atoms with Crippen molar-refractivity contribution in [3.8, 4) is 0 Å². The van der Waals surface area contributed by atoms with Crippen LogP contribution >= 0.6 is 15.6 Å². The Bertz CT molecular complexity index is 1870.